The summed E-state index contributed by atoms with van der Waals surface area (Å²) in [6.07, 6.45) is 2.67. The topological polar surface area (TPSA) is 75.7 Å². The van der Waals surface area contributed by atoms with Crippen molar-refractivity contribution in [3.05, 3.63) is 57.6 Å². The summed E-state index contributed by atoms with van der Waals surface area (Å²) in [6, 6.07) is 8.19. The molecule has 1 saturated heterocycles. The maximum absolute atomic E-state index is 13.1. The summed E-state index contributed by atoms with van der Waals surface area (Å²) in [5.74, 6) is 0.742. The first-order valence-corrected chi connectivity index (χ1v) is 13.2. The molecule has 2 aromatic carbocycles. The van der Waals surface area contributed by atoms with E-state index in [1.54, 1.807) is 13.2 Å². The Kier molecular flexibility index (Phi) is 8.08. The fraction of sp³-hybridized carbons (Fsp3) is 0.480. The van der Waals surface area contributed by atoms with Gasteiger partial charge in [-0.15, -0.1) is 0 Å². The van der Waals surface area contributed by atoms with Crippen molar-refractivity contribution in [2.45, 2.75) is 63.8 Å². The van der Waals surface area contributed by atoms with Crippen molar-refractivity contribution in [1.82, 2.24) is 9.62 Å². The predicted molar refractivity (Wildman–Crippen MR) is 132 cm³/mol. The highest BCUT2D eigenvalue weighted by Crippen LogP contribution is 2.32. The van der Waals surface area contributed by atoms with Crippen LogP contribution >= 0.6 is 11.6 Å². The van der Waals surface area contributed by atoms with Gasteiger partial charge in [0.05, 0.1) is 18.2 Å². The van der Waals surface area contributed by atoms with Gasteiger partial charge in [0.2, 0.25) is 10.0 Å². The maximum Gasteiger partial charge on any atom is 0.251 e. The minimum Gasteiger partial charge on any atom is -0.496 e. The van der Waals surface area contributed by atoms with Crippen LogP contribution in [0.15, 0.2) is 35.2 Å². The van der Waals surface area contributed by atoms with Crippen LogP contribution in [0.5, 0.6) is 5.75 Å². The molecule has 1 atom stereocenters. The van der Waals surface area contributed by atoms with Crippen molar-refractivity contribution in [3.8, 4) is 5.75 Å². The number of carbonyl (C=O) groups excluding carboxylic acids is 1. The average Bonchev–Trinajstić information content (AvgIpc) is 2.79. The molecular formula is C25H33ClN2O4S. The van der Waals surface area contributed by atoms with Gasteiger partial charge in [-0.2, -0.15) is 4.31 Å². The van der Waals surface area contributed by atoms with E-state index in [0.717, 1.165) is 41.7 Å². The highest BCUT2D eigenvalue weighted by molar-refractivity contribution is 7.89. The summed E-state index contributed by atoms with van der Waals surface area (Å²) >= 11 is 6.25. The van der Waals surface area contributed by atoms with Crippen LogP contribution in [-0.2, 0) is 10.0 Å². The van der Waals surface area contributed by atoms with Crippen molar-refractivity contribution in [1.29, 1.82) is 0 Å². The summed E-state index contributed by atoms with van der Waals surface area (Å²) in [7, 11) is -2.10. The molecule has 2 aromatic rings. The van der Waals surface area contributed by atoms with E-state index in [0.29, 0.717) is 13.1 Å². The average molecular weight is 493 g/mol. The van der Waals surface area contributed by atoms with Crippen molar-refractivity contribution in [3.63, 3.8) is 0 Å². The molecule has 0 aliphatic carbocycles. The van der Waals surface area contributed by atoms with Crippen LogP contribution in [0, 0.1) is 6.92 Å². The first-order chi connectivity index (χ1) is 15.6. The number of aryl methyl sites for hydroxylation is 1. The van der Waals surface area contributed by atoms with E-state index in [1.165, 1.54) is 16.4 Å². The molecule has 0 spiro atoms. The van der Waals surface area contributed by atoms with Gasteiger partial charge in [0.25, 0.3) is 5.91 Å². The number of methoxy groups -OCH3 is 1. The molecule has 8 heteroatoms. The molecular weight excluding hydrogens is 460 g/mol. The number of sulfonamides is 1. The lowest BCUT2D eigenvalue weighted by Crippen LogP contribution is -2.36. The lowest BCUT2D eigenvalue weighted by Gasteiger charge is -2.26. The molecule has 180 valence electrons. The number of carbonyl (C=O) groups is 1. The summed E-state index contributed by atoms with van der Waals surface area (Å²) in [6.45, 7) is 9.03. The van der Waals surface area contributed by atoms with Gasteiger partial charge in [-0.3, -0.25) is 4.79 Å². The van der Waals surface area contributed by atoms with Gasteiger partial charge < -0.3 is 10.1 Å². The van der Waals surface area contributed by atoms with Crippen molar-refractivity contribution >= 4 is 27.5 Å². The second-order valence-electron chi connectivity index (χ2n) is 8.91. The van der Waals surface area contributed by atoms with Crippen LogP contribution in [0.3, 0.4) is 0 Å². The Morgan fingerprint density at radius 3 is 2.33 bits per heavy atom. The number of piperidine rings is 1. The second-order valence-corrected chi connectivity index (χ2v) is 11.2. The third-order valence-electron chi connectivity index (χ3n) is 6.18. The third kappa shape index (κ3) is 5.53. The molecule has 3 rings (SSSR count). The second kappa shape index (κ2) is 10.5. The Labute approximate surface area is 202 Å². The van der Waals surface area contributed by atoms with Crippen molar-refractivity contribution in [2.24, 2.45) is 0 Å². The molecule has 0 unspecified atom stereocenters. The molecule has 1 heterocycles. The normalized spacial score (nSPS) is 16.0. The third-order valence-corrected chi connectivity index (χ3v) is 8.56. The minimum absolute atomic E-state index is 0.0194. The van der Waals surface area contributed by atoms with E-state index in [-0.39, 0.29) is 33.3 Å². The van der Waals surface area contributed by atoms with Gasteiger partial charge in [0, 0.05) is 18.7 Å². The van der Waals surface area contributed by atoms with Crippen molar-refractivity contribution in [2.75, 3.05) is 20.2 Å². The molecule has 0 radical (unpaired) electrons. The standard InChI is InChI=1S/C25H33ClN2O4S/c1-16(2)20-15-21(17(3)13-23(20)32-5)18(4)27-25(29)19-9-10-22(26)24(14-19)33(30,31)28-11-7-6-8-12-28/h9-10,13-16,18H,6-8,11-12H2,1-5H3,(H,27,29)/t18-/m0/s1. The predicted octanol–water partition coefficient (Wildman–Crippen LogP) is 5.45. The van der Waals surface area contributed by atoms with Crippen LogP contribution < -0.4 is 10.1 Å². The van der Waals surface area contributed by atoms with Gasteiger partial charge in [-0.25, -0.2) is 8.42 Å². The Balaban J connectivity index is 1.87. The Morgan fingerprint density at radius 2 is 1.73 bits per heavy atom. The number of nitrogens with one attached hydrogen (secondary N) is 1. The van der Waals surface area contributed by atoms with Crippen LogP contribution in [0.2, 0.25) is 5.02 Å². The van der Waals surface area contributed by atoms with Crippen LogP contribution in [0.1, 0.15) is 79.0 Å². The summed E-state index contributed by atoms with van der Waals surface area (Å²) in [5.41, 5.74) is 3.33. The number of hydrogen-bond acceptors (Lipinski definition) is 4. The number of rotatable bonds is 7. The SMILES string of the molecule is COc1cc(C)c([C@H](C)NC(=O)c2ccc(Cl)c(S(=O)(=O)N3CCCCC3)c2)cc1C(C)C. The number of ether oxygens (including phenoxy) is 1. The largest absolute Gasteiger partial charge is 0.496 e. The van der Waals surface area contributed by atoms with Crippen molar-refractivity contribution < 1.29 is 17.9 Å². The quantitative estimate of drug-likeness (QED) is 0.557. The summed E-state index contributed by atoms with van der Waals surface area (Å²) in [5, 5.41) is 3.13. The van der Waals surface area contributed by atoms with Gasteiger partial charge in [-0.1, -0.05) is 31.9 Å². The molecule has 0 bridgehead atoms. The van der Waals surface area contributed by atoms with E-state index in [1.807, 2.05) is 19.9 Å². The van der Waals surface area contributed by atoms with Gasteiger partial charge in [0.1, 0.15) is 10.6 Å². The zero-order valence-electron chi connectivity index (χ0n) is 19.9. The summed E-state index contributed by atoms with van der Waals surface area (Å²) < 4.78 is 33.2. The fourth-order valence-corrected chi connectivity index (χ4v) is 6.27. The number of benzene rings is 2. The Morgan fingerprint density at radius 1 is 1.06 bits per heavy atom. The van der Waals surface area contributed by atoms with Gasteiger partial charge >= 0.3 is 0 Å². The van der Waals surface area contributed by atoms with Gasteiger partial charge in [-0.05, 0) is 79.6 Å². The molecule has 1 aliphatic heterocycles. The summed E-state index contributed by atoms with van der Waals surface area (Å²) in [4.78, 5) is 13.0. The molecule has 6 nitrogen and oxygen atoms in total. The molecule has 0 saturated carbocycles. The van der Waals surface area contributed by atoms with E-state index in [9.17, 15) is 13.2 Å². The van der Waals surface area contributed by atoms with Gasteiger partial charge in [0.15, 0.2) is 0 Å². The van der Waals surface area contributed by atoms with E-state index < -0.39 is 10.0 Å². The van der Waals surface area contributed by atoms with E-state index in [4.69, 9.17) is 16.3 Å². The van der Waals surface area contributed by atoms with Crippen LogP contribution in [-0.4, -0.2) is 38.8 Å². The highest BCUT2D eigenvalue weighted by atomic mass is 35.5. The highest BCUT2D eigenvalue weighted by Gasteiger charge is 2.29. The van der Waals surface area contributed by atoms with E-state index >= 15 is 0 Å². The lowest BCUT2D eigenvalue weighted by molar-refractivity contribution is 0.0939. The number of amides is 1. The first-order valence-electron chi connectivity index (χ1n) is 11.3. The zero-order chi connectivity index (χ0) is 24.3. The molecule has 1 aliphatic rings. The smallest absolute Gasteiger partial charge is 0.251 e. The monoisotopic (exact) mass is 492 g/mol. The first kappa shape index (κ1) is 25.5. The molecule has 1 amide bonds. The minimum atomic E-state index is -3.75. The fourth-order valence-electron chi connectivity index (χ4n) is 4.25. The number of hydrogen-bond donors (Lipinski definition) is 1. The maximum atomic E-state index is 13.1. The molecule has 33 heavy (non-hydrogen) atoms. The lowest BCUT2D eigenvalue weighted by atomic mass is 9.93. The van der Waals surface area contributed by atoms with Crippen LogP contribution in [0.4, 0.5) is 0 Å². The number of halogens is 1. The molecule has 1 fully saturated rings. The number of nitrogens with zero attached hydrogens (tertiary/aromatic N) is 1. The van der Waals surface area contributed by atoms with Crippen LogP contribution in [0.25, 0.3) is 0 Å². The Hall–Kier alpha value is -2.09. The van der Waals surface area contributed by atoms with E-state index in [2.05, 4.69) is 25.2 Å². The zero-order valence-corrected chi connectivity index (χ0v) is 21.5. The Bertz CT molecular complexity index is 1130. The molecule has 1 N–H and O–H groups in total. The molecule has 0 aromatic heterocycles.